The van der Waals surface area contributed by atoms with Crippen molar-refractivity contribution in [2.75, 3.05) is 18.0 Å². The van der Waals surface area contributed by atoms with Crippen LogP contribution in [0.25, 0.3) is 0 Å². The van der Waals surface area contributed by atoms with Gasteiger partial charge in [-0.25, -0.2) is 13.2 Å². The standard InChI is InChI=1S/C22H21F3N2O2/c23-15-2-5-18(24)20(12-15)27-9-7-13(8-10-27)16-3-1-14(11-19(16)25)17-4-6-21(28)26-22(17)29/h1-3,5,11-13,17H,4,6-10H2,(H,26,28,29). The minimum absolute atomic E-state index is 0.0290. The molecule has 2 aliphatic heterocycles. The summed E-state index contributed by atoms with van der Waals surface area (Å²) in [5.74, 6) is -2.57. The van der Waals surface area contributed by atoms with E-state index in [1.165, 1.54) is 12.1 Å². The zero-order valence-corrected chi connectivity index (χ0v) is 15.8. The molecule has 2 saturated heterocycles. The number of imide groups is 1. The molecule has 2 aromatic carbocycles. The summed E-state index contributed by atoms with van der Waals surface area (Å²) in [5, 5.41) is 2.29. The Morgan fingerprint density at radius 1 is 0.897 bits per heavy atom. The molecule has 29 heavy (non-hydrogen) atoms. The lowest BCUT2D eigenvalue weighted by Gasteiger charge is -2.34. The highest BCUT2D eigenvalue weighted by atomic mass is 19.1. The van der Waals surface area contributed by atoms with Crippen molar-refractivity contribution in [3.05, 3.63) is 65.0 Å². The maximum absolute atomic E-state index is 14.8. The van der Waals surface area contributed by atoms with Crippen molar-refractivity contribution in [2.45, 2.75) is 37.5 Å². The maximum atomic E-state index is 14.8. The third kappa shape index (κ3) is 3.99. The number of hydrogen-bond acceptors (Lipinski definition) is 3. The second kappa shape index (κ2) is 7.89. The molecule has 2 heterocycles. The number of carbonyl (C=O) groups excluding carboxylic acids is 2. The molecule has 4 nitrogen and oxygen atoms in total. The first-order valence-electron chi connectivity index (χ1n) is 9.75. The molecule has 0 saturated carbocycles. The molecule has 0 aromatic heterocycles. The van der Waals surface area contributed by atoms with E-state index in [0.29, 0.717) is 43.5 Å². The number of carbonyl (C=O) groups is 2. The largest absolute Gasteiger partial charge is 0.369 e. The number of amides is 2. The Labute approximate surface area is 166 Å². The molecular weight excluding hydrogens is 381 g/mol. The Bertz CT molecular complexity index is 955. The van der Waals surface area contributed by atoms with E-state index in [0.717, 1.165) is 12.1 Å². The van der Waals surface area contributed by atoms with E-state index < -0.39 is 17.6 Å². The second-order valence-electron chi connectivity index (χ2n) is 7.64. The van der Waals surface area contributed by atoms with Crippen LogP contribution in [0.5, 0.6) is 0 Å². The summed E-state index contributed by atoms with van der Waals surface area (Å²) >= 11 is 0. The van der Waals surface area contributed by atoms with Gasteiger partial charge in [0.15, 0.2) is 0 Å². The summed E-state index contributed by atoms with van der Waals surface area (Å²) < 4.78 is 42.2. The molecule has 152 valence electrons. The fourth-order valence-electron chi connectivity index (χ4n) is 4.26. The summed E-state index contributed by atoms with van der Waals surface area (Å²) in [6.07, 6.45) is 1.85. The van der Waals surface area contributed by atoms with Gasteiger partial charge < -0.3 is 4.90 Å². The molecule has 2 aliphatic rings. The van der Waals surface area contributed by atoms with Crippen LogP contribution >= 0.6 is 0 Å². The molecule has 0 aliphatic carbocycles. The number of benzene rings is 2. The summed E-state index contributed by atoms with van der Waals surface area (Å²) in [4.78, 5) is 25.1. The minimum atomic E-state index is -0.519. The Balaban J connectivity index is 1.45. The van der Waals surface area contributed by atoms with Gasteiger partial charge in [0.2, 0.25) is 11.8 Å². The molecule has 1 atom stereocenters. The van der Waals surface area contributed by atoms with Gasteiger partial charge in [-0.05, 0) is 54.5 Å². The highest BCUT2D eigenvalue weighted by Crippen LogP contribution is 2.35. The van der Waals surface area contributed by atoms with Gasteiger partial charge in [0.1, 0.15) is 17.5 Å². The molecular formula is C22H21F3N2O2. The normalized spacial score (nSPS) is 20.7. The van der Waals surface area contributed by atoms with Crippen molar-refractivity contribution >= 4 is 17.5 Å². The van der Waals surface area contributed by atoms with Crippen LogP contribution in [0.3, 0.4) is 0 Å². The van der Waals surface area contributed by atoms with Crippen molar-refractivity contribution in [3.63, 3.8) is 0 Å². The fraction of sp³-hybridized carbons (Fsp3) is 0.364. The van der Waals surface area contributed by atoms with E-state index in [1.807, 2.05) is 0 Å². The number of nitrogens with zero attached hydrogens (tertiary/aromatic N) is 1. The van der Waals surface area contributed by atoms with Crippen LogP contribution in [0.1, 0.15) is 48.6 Å². The van der Waals surface area contributed by atoms with Crippen molar-refractivity contribution in [3.8, 4) is 0 Å². The van der Waals surface area contributed by atoms with Gasteiger partial charge in [-0.2, -0.15) is 0 Å². The number of halogens is 3. The Kier molecular flexibility index (Phi) is 5.30. The van der Waals surface area contributed by atoms with Crippen LogP contribution < -0.4 is 10.2 Å². The fourth-order valence-corrected chi connectivity index (χ4v) is 4.26. The van der Waals surface area contributed by atoms with E-state index in [9.17, 15) is 22.8 Å². The van der Waals surface area contributed by atoms with Crippen LogP contribution in [-0.4, -0.2) is 24.9 Å². The van der Waals surface area contributed by atoms with Crippen molar-refractivity contribution in [2.24, 2.45) is 0 Å². The number of piperidine rings is 2. The smallest absolute Gasteiger partial charge is 0.234 e. The first-order valence-corrected chi connectivity index (χ1v) is 9.75. The van der Waals surface area contributed by atoms with Crippen LogP contribution in [-0.2, 0) is 9.59 Å². The molecule has 2 amide bonds. The van der Waals surface area contributed by atoms with Gasteiger partial charge in [0.25, 0.3) is 0 Å². The third-order valence-electron chi connectivity index (χ3n) is 5.85. The summed E-state index contributed by atoms with van der Waals surface area (Å²) in [6.45, 7) is 0.999. The lowest BCUT2D eigenvalue weighted by Crippen LogP contribution is -2.39. The number of hydrogen-bond donors (Lipinski definition) is 1. The zero-order valence-electron chi connectivity index (χ0n) is 15.8. The Morgan fingerprint density at radius 2 is 1.66 bits per heavy atom. The van der Waals surface area contributed by atoms with Crippen molar-refractivity contribution in [1.82, 2.24) is 5.32 Å². The molecule has 1 unspecified atom stereocenters. The highest BCUT2D eigenvalue weighted by molar-refractivity contribution is 6.00. The van der Waals surface area contributed by atoms with Crippen molar-refractivity contribution in [1.29, 1.82) is 0 Å². The van der Waals surface area contributed by atoms with Gasteiger partial charge in [0.05, 0.1) is 11.6 Å². The quantitative estimate of drug-likeness (QED) is 0.790. The van der Waals surface area contributed by atoms with Crippen LogP contribution in [0.15, 0.2) is 36.4 Å². The Morgan fingerprint density at radius 3 is 2.34 bits per heavy atom. The van der Waals surface area contributed by atoms with Gasteiger partial charge in [-0.3, -0.25) is 14.9 Å². The minimum Gasteiger partial charge on any atom is -0.369 e. The predicted molar refractivity (Wildman–Crippen MR) is 102 cm³/mol. The molecule has 2 fully saturated rings. The zero-order chi connectivity index (χ0) is 20.5. The van der Waals surface area contributed by atoms with Gasteiger partial charge in [0, 0.05) is 25.6 Å². The third-order valence-corrected chi connectivity index (χ3v) is 5.85. The first kappa shape index (κ1) is 19.5. The monoisotopic (exact) mass is 402 g/mol. The maximum Gasteiger partial charge on any atom is 0.234 e. The van der Waals surface area contributed by atoms with Crippen LogP contribution in [0, 0.1) is 17.5 Å². The van der Waals surface area contributed by atoms with E-state index in [1.54, 1.807) is 17.0 Å². The van der Waals surface area contributed by atoms with E-state index in [4.69, 9.17) is 0 Å². The summed E-state index contributed by atoms with van der Waals surface area (Å²) in [6, 6.07) is 8.22. The highest BCUT2D eigenvalue weighted by Gasteiger charge is 2.30. The predicted octanol–water partition coefficient (Wildman–Crippen LogP) is 4.01. The molecule has 0 bridgehead atoms. The first-order chi connectivity index (χ1) is 13.9. The number of rotatable bonds is 3. The summed E-state index contributed by atoms with van der Waals surface area (Å²) in [7, 11) is 0. The number of nitrogens with one attached hydrogen (secondary N) is 1. The van der Waals surface area contributed by atoms with Crippen LogP contribution in [0.4, 0.5) is 18.9 Å². The van der Waals surface area contributed by atoms with E-state index in [-0.39, 0.29) is 35.7 Å². The molecule has 0 spiro atoms. The molecule has 2 aromatic rings. The number of anilines is 1. The lowest BCUT2D eigenvalue weighted by atomic mass is 9.85. The average Bonchev–Trinajstić information content (AvgIpc) is 2.70. The van der Waals surface area contributed by atoms with E-state index in [2.05, 4.69) is 5.32 Å². The van der Waals surface area contributed by atoms with E-state index >= 15 is 0 Å². The van der Waals surface area contributed by atoms with Gasteiger partial charge in [-0.15, -0.1) is 0 Å². The average molecular weight is 402 g/mol. The molecule has 7 heteroatoms. The molecule has 0 radical (unpaired) electrons. The SMILES string of the molecule is O=C1CCC(c2ccc(C3CCN(c4cc(F)ccc4F)CC3)c(F)c2)C(=O)N1. The van der Waals surface area contributed by atoms with Gasteiger partial charge in [-0.1, -0.05) is 12.1 Å². The van der Waals surface area contributed by atoms with Gasteiger partial charge >= 0.3 is 0 Å². The topological polar surface area (TPSA) is 49.4 Å². The van der Waals surface area contributed by atoms with Crippen molar-refractivity contribution < 1.29 is 22.8 Å². The summed E-state index contributed by atoms with van der Waals surface area (Å²) in [5.41, 5.74) is 1.37. The van der Waals surface area contributed by atoms with Crippen LogP contribution in [0.2, 0.25) is 0 Å². The Hall–Kier alpha value is -2.83. The second-order valence-corrected chi connectivity index (χ2v) is 7.64. The molecule has 4 rings (SSSR count). The molecule has 1 N–H and O–H groups in total. The lowest BCUT2D eigenvalue weighted by molar-refractivity contribution is -0.134.